The van der Waals surface area contributed by atoms with Gasteiger partial charge in [0.2, 0.25) is 5.91 Å². The van der Waals surface area contributed by atoms with Gasteiger partial charge in [-0.1, -0.05) is 30.3 Å². The van der Waals surface area contributed by atoms with Crippen LogP contribution in [0.5, 0.6) is 0 Å². The number of likely N-dealkylation sites (tertiary alicyclic amines) is 1. The van der Waals surface area contributed by atoms with Crippen LogP contribution in [0.1, 0.15) is 37.1 Å². The minimum atomic E-state index is 0.274. The van der Waals surface area contributed by atoms with Gasteiger partial charge in [-0.3, -0.25) is 4.79 Å². The average molecular weight is 421 g/mol. The summed E-state index contributed by atoms with van der Waals surface area (Å²) in [6.07, 6.45) is 7.26. The molecule has 3 heterocycles. The zero-order chi connectivity index (χ0) is 21.5. The minimum absolute atomic E-state index is 0.274. The monoisotopic (exact) mass is 420 g/mol. The van der Waals surface area contributed by atoms with E-state index in [1.165, 1.54) is 5.56 Å². The molecule has 4 rings (SSSR count). The maximum Gasteiger partial charge on any atom is 0.222 e. The molecule has 0 atom stereocenters. The van der Waals surface area contributed by atoms with Gasteiger partial charge in [-0.15, -0.1) is 0 Å². The van der Waals surface area contributed by atoms with E-state index in [4.69, 9.17) is 9.72 Å². The number of hydrogen-bond acceptors (Lipinski definition) is 4. The second-order valence-corrected chi connectivity index (χ2v) is 8.39. The van der Waals surface area contributed by atoms with Crippen LogP contribution in [0, 0.1) is 5.92 Å². The largest absolute Gasteiger partial charge is 0.383 e. The number of benzene rings is 1. The highest BCUT2D eigenvalue weighted by atomic mass is 16.5. The van der Waals surface area contributed by atoms with E-state index in [0.717, 1.165) is 68.7 Å². The molecule has 0 saturated carbocycles. The SMILES string of the molecule is COCCn1c(CCCC(=O)N2CCC(Cc3ccccc3)CC2)nc2cccnc21. The number of ether oxygens (including phenoxy) is 1. The van der Waals surface area contributed by atoms with Crippen LogP contribution in [0.4, 0.5) is 0 Å². The Labute approximate surface area is 184 Å². The zero-order valence-electron chi connectivity index (χ0n) is 18.4. The van der Waals surface area contributed by atoms with Gasteiger partial charge in [0.05, 0.1) is 6.61 Å². The molecule has 0 N–H and O–H groups in total. The van der Waals surface area contributed by atoms with E-state index in [1.54, 1.807) is 13.3 Å². The van der Waals surface area contributed by atoms with E-state index in [1.807, 2.05) is 12.1 Å². The minimum Gasteiger partial charge on any atom is -0.383 e. The lowest BCUT2D eigenvalue weighted by molar-refractivity contribution is -0.132. The normalized spacial score (nSPS) is 14.9. The molecule has 1 aliphatic heterocycles. The van der Waals surface area contributed by atoms with Gasteiger partial charge >= 0.3 is 0 Å². The topological polar surface area (TPSA) is 60.2 Å². The first-order chi connectivity index (χ1) is 15.2. The lowest BCUT2D eigenvalue weighted by Crippen LogP contribution is -2.38. The summed E-state index contributed by atoms with van der Waals surface area (Å²) in [5.74, 6) is 1.94. The Hall–Kier alpha value is -2.73. The summed E-state index contributed by atoms with van der Waals surface area (Å²) in [7, 11) is 1.70. The number of fused-ring (bicyclic) bond motifs is 1. The molecule has 0 spiro atoms. The molecule has 6 heteroatoms. The number of carbonyl (C=O) groups is 1. The van der Waals surface area contributed by atoms with Crippen molar-refractivity contribution in [2.24, 2.45) is 5.92 Å². The van der Waals surface area contributed by atoms with Crippen molar-refractivity contribution in [3.63, 3.8) is 0 Å². The molecule has 1 amide bonds. The molecule has 1 saturated heterocycles. The van der Waals surface area contributed by atoms with Crippen molar-refractivity contribution < 1.29 is 9.53 Å². The number of amides is 1. The first kappa shape index (κ1) is 21.5. The third kappa shape index (κ3) is 5.50. The molecule has 164 valence electrons. The molecule has 6 nitrogen and oxygen atoms in total. The molecule has 3 aromatic rings. The van der Waals surface area contributed by atoms with E-state index < -0.39 is 0 Å². The van der Waals surface area contributed by atoms with Crippen LogP contribution < -0.4 is 0 Å². The number of pyridine rings is 1. The molecule has 0 aliphatic carbocycles. The summed E-state index contributed by atoms with van der Waals surface area (Å²) in [4.78, 5) is 24.0. The highest BCUT2D eigenvalue weighted by Gasteiger charge is 2.23. The second kappa shape index (κ2) is 10.5. The van der Waals surface area contributed by atoms with Crippen LogP contribution in [0.3, 0.4) is 0 Å². The van der Waals surface area contributed by atoms with Gasteiger partial charge in [0.15, 0.2) is 5.65 Å². The molecule has 0 bridgehead atoms. The smallest absolute Gasteiger partial charge is 0.222 e. The van der Waals surface area contributed by atoms with Crippen LogP contribution in [-0.2, 0) is 28.9 Å². The van der Waals surface area contributed by atoms with E-state index >= 15 is 0 Å². The van der Waals surface area contributed by atoms with E-state index in [2.05, 4.69) is 44.8 Å². The summed E-state index contributed by atoms with van der Waals surface area (Å²) in [6, 6.07) is 14.6. The molecule has 1 fully saturated rings. The Bertz CT molecular complexity index is 978. The van der Waals surface area contributed by atoms with Crippen LogP contribution in [0.25, 0.3) is 11.2 Å². The predicted molar refractivity (Wildman–Crippen MR) is 122 cm³/mol. The first-order valence-electron chi connectivity index (χ1n) is 11.4. The number of nitrogens with zero attached hydrogens (tertiary/aromatic N) is 4. The number of rotatable bonds is 9. The summed E-state index contributed by atoms with van der Waals surface area (Å²) in [6.45, 7) is 3.10. The van der Waals surface area contributed by atoms with Gasteiger partial charge in [-0.05, 0) is 49.3 Å². The maximum atomic E-state index is 12.7. The fourth-order valence-electron chi connectivity index (χ4n) is 4.50. The molecule has 1 aliphatic rings. The molecule has 31 heavy (non-hydrogen) atoms. The molecule has 0 radical (unpaired) electrons. The van der Waals surface area contributed by atoms with Crippen molar-refractivity contribution in [1.29, 1.82) is 0 Å². The third-order valence-electron chi connectivity index (χ3n) is 6.23. The number of hydrogen-bond donors (Lipinski definition) is 0. The Morgan fingerprint density at radius 3 is 2.71 bits per heavy atom. The van der Waals surface area contributed by atoms with Gasteiger partial charge in [-0.2, -0.15) is 0 Å². The first-order valence-corrected chi connectivity index (χ1v) is 11.4. The van der Waals surface area contributed by atoms with Crippen molar-refractivity contribution >= 4 is 17.1 Å². The Balaban J connectivity index is 1.26. The summed E-state index contributed by atoms with van der Waals surface area (Å²) < 4.78 is 7.37. The zero-order valence-corrected chi connectivity index (χ0v) is 18.4. The van der Waals surface area contributed by atoms with Gasteiger partial charge in [0, 0.05) is 45.8 Å². The lowest BCUT2D eigenvalue weighted by Gasteiger charge is -2.32. The van der Waals surface area contributed by atoms with Crippen molar-refractivity contribution in [2.75, 3.05) is 26.8 Å². The van der Waals surface area contributed by atoms with Crippen LogP contribution in [-0.4, -0.2) is 52.1 Å². The third-order valence-corrected chi connectivity index (χ3v) is 6.23. The molecule has 1 aromatic carbocycles. The van der Waals surface area contributed by atoms with Gasteiger partial charge in [0.1, 0.15) is 11.3 Å². The molecule has 0 unspecified atom stereocenters. The van der Waals surface area contributed by atoms with E-state index in [9.17, 15) is 4.79 Å². The van der Waals surface area contributed by atoms with Crippen molar-refractivity contribution in [3.05, 3.63) is 60.0 Å². The fourth-order valence-corrected chi connectivity index (χ4v) is 4.50. The summed E-state index contributed by atoms with van der Waals surface area (Å²) in [5, 5.41) is 0. The standard InChI is InChI=1S/C25H32N4O2/c1-31-18-17-29-23(27-22-9-6-14-26-25(22)29)10-5-11-24(30)28-15-12-21(13-16-28)19-20-7-3-2-4-8-20/h2-4,6-9,14,21H,5,10-13,15-19H2,1H3. The number of aromatic nitrogens is 3. The van der Waals surface area contributed by atoms with Crippen LogP contribution in [0.2, 0.25) is 0 Å². The van der Waals surface area contributed by atoms with Gasteiger partial charge < -0.3 is 14.2 Å². The quantitative estimate of drug-likeness (QED) is 0.527. The summed E-state index contributed by atoms with van der Waals surface area (Å²) in [5.41, 5.74) is 3.19. The van der Waals surface area contributed by atoms with E-state index in [-0.39, 0.29) is 5.91 Å². The molecule has 2 aromatic heterocycles. The Morgan fingerprint density at radius 1 is 1.13 bits per heavy atom. The number of methoxy groups -OCH3 is 1. The lowest BCUT2D eigenvalue weighted by atomic mass is 9.90. The number of carbonyl (C=O) groups excluding carboxylic acids is 1. The van der Waals surface area contributed by atoms with Gasteiger partial charge in [0.25, 0.3) is 0 Å². The molecular weight excluding hydrogens is 388 g/mol. The van der Waals surface area contributed by atoms with Crippen LogP contribution in [0.15, 0.2) is 48.7 Å². The van der Waals surface area contributed by atoms with Crippen molar-refractivity contribution in [3.8, 4) is 0 Å². The maximum absolute atomic E-state index is 12.7. The molecular formula is C25H32N4O2. The predicted octanol–water partition coefficient (Wildman–Crippen LogP) is 3.88. The van der Waals surface area contributed by atoms with E-state index in [0.29, 0.717) is 18.9 Å². The number of piperidine rings is 1. The van der Waals surface area contributed by atoms with Crippen molar-refractivity contribution in [1.82, 2.24) is 19.4 Å². The summed E-state index contributed by atoms with van der Waals surface area (Å²) >= 11 is 0. The Morgan fingerprint density at radius 2 is 1.94 bits per heavy atom. The number of aryl methyl sites for hydroxylation is 1. The van der Waals surface area contributed by atoms with Gasteiger partial charge in [-0.25, -0.2) is 9.97 Å². The van der Waals surface area contributed by atoms with Crippen LogP contribution >= 0.6 is 0 Å². The van der Waals surface area contributed by atoms with Crippen molar-refractivity contribution in [2.45, 2.75) is 45.1 Å². The Kier molecular flexibility index (Phi) is 7.30. The second-order valence-electron chi connectivity index (χ2n) is 8.39. The average Bonchev–Trinajstić information content (AvgIpc) is 3.16. The fraction of sp³-hybridized carbons (Fsp3) is 0.480. The number of imidazole rings is 1. The highest BCUT2D eigenvalue weighted by Crippen LogP contribution is 2.22. The highest BCUT2D eigenvalue weighted by molar-refractivity contribution is 5.76.